The van der Waals surface area contributed by atoms with Crippen molar-refractivity contribution in [2.45, 2.75) is 13.8 Å². The van der Waals surface area contributed by atoms with Crippen LogP contribution in [0.5, 0.6) is 5.75 Å². The highest BCUT2D eigenvalue weighted by Gasteiger charge is 2.17. The van der Waals surface area contributed by atoms with E-state index in [9.17, 15) is 4.79 Å². The van der Waals surface area contributed by atoms with Crippen LogP contribution in [0.15, 0.2) is 36.7 Å². The first-order valence-corrected chi connectivity index (χ1v) is 7.63. The third-order valence-electron chi connectivity index (χ3n) is 4.06. The molecular formula is C18H17N3O2. The van der Waals surface area contributed by atoms with E-state index in [4.69, 9.17) is 4.74 Å². The van der Waals surface area contributed by atoms with Gasteiger partial charge in [0.15, 0.2) is 0 Å². The molecule has 5 heteroatoms. The first kappa shape index (κ1) is 13.8. The molecule has 0 saturated carbocycles. The topological polar surface area (TPSA) is 55.6 Å². The maximum absolute atomic E-state index is 12.2. The van der Waals surface area contributed by atoms with Crippen LogP contribution in [-0.2, 0) is 0 Å². The summed E-state index contributed by atoms with van der Waals surface area (Å²) in [5.41, 5.74) is 5.67. The minimum absolute atomic E-state index is 0.0874. The van der Waals surface area contributed by atoms with Gasteiger partial charge in [0, 0.05) is 12.4 Å². The zero-order valence-corrected chi connectivity index (χ0v) is 13.1. The van der Waals surface area contributed by atoms with Crippen LogP contribution in [0.2, 0.25) is 0 Å². The molecule has 1 aliphatic heterocycles. The number of ether oxygens (including phenoxy) is 1. The summed E-state index contributed by atoms with van der Waals surface area (Å²) in [5, 5.41) is 2.84. The standard InChI is InChI=1S/C18H17N3O2/c1-11-7-14(10-21-9-12(2)20-17(11)21)13-3-4-16-15(8-13)18(22)19-5-6-23-16/h3-4,7-10H,5-6H2,1-2H3,(H,19,22). The number of amides is 1. The second-order valence-corrected chi connectivity index (χ2v) is 5.84. The van der Waals surface area contributed by atoms with Gasteiger partial charge in [-0.25, -0.2) is 4.98 Å². The predicted molar refractivity (Wildman–Crippen MR) is 87.9 cm³/mol. The fraction of sp³-hybridized carbons (Fsp3) is 0.222. The average molecular weight is 307 g/mol. The summed E-state index contributed by atoms with van der Waals surface area (Å²) in [4.78, 5) is 16.7. The number of rotatable bonds is 1. The van der Waals surface area contributed by atoms with Crippen LogP contribution in [0.1, 0.15) is 21.6 Å². The van der Waals surface area contributed by atoms with E-state index in [0.29, 0.717) is 24.5 Å². The Kier molecular flexibility index (Phi) is 3.08. The number of hydrogen-bond acceptors (Lipinski definition) is 3. The van der Waals surface area contributed by atoms with Crippen molar-refractivity contribution in [3.8, 4) is 16.9 Å². The molecule has 3 aromatic rings. The van der Waals surface area contributed by atoms with Crippen LogP contribution < -0.4 is 10.1 Å². The minimum atomic E-state index is -0.0874. The molecule has 1 aromatic carbocycles. The molecule has 0 spiro atoms. The van der Waals surface area contributed by atoms with E-state index in [2.05, 4.69) is 16.4 Å². The number of imidazole rings is 1. The van der Waals surface area contributed by atoms with E-state index in [1.54, 1.807) is 0 Å². The van der Waals surface area contributed by atoms with Gasteiger partial charge in [-0.05, 0) is 48.7 Å². The predicted octanol–water partition coefficient (Wildman–Crippen LogP) is 2.74. The number of aromatic nitrogens is 2. The van der Waals surface area contributed by atoms with Crippen molar-refractivity contribution in [2.75, 3.05) is 13.2 Å². The van der Waals surface area contributed by atoms with Crippen molar-refractivity contribution < 1.29 is 9.53 Å². The monoisotopic (exact) mass is 307 g/mol. The lowest BCUT2D eigenvalue weighted by atomic mass is 10.0. The largest absolute Gasteiger partial charge is 0.491 e. The number of nitrogens with one attached hydrogen (secondary N) is 1. The number of aryl methyl sites for hydroxylation is 2. The van der Waals surface area contributed by atoms with E-state index < -0.39 is 0 Å². The van der Waals surface area contributed by atoms with Crippen LogP contribution in [0.3, 0.4) is 0 Å². The van der Waals surface area contributed by atoms with Crippen LogP contribution in [0.4, 0.5) is 0 Å². The number of nitrogens with zero attached hydrogens (tertiary/aromatic N) is 2. The molecule has 0 fully saturated rings. The summed E-state index contributed by atoms with van der Waals surface area (Å²) in [6.45, 7) is 5.06. The van der Waals surface area contributed by atoms with Gasteiger partial charge < -0.3 is 14.5 Å². The van der Waals surface area contributed by atoms with Crippen molar-refractivity contribution in [2.24, 2.45) is 0 Å². The van der Waals surface area contributed by atoms with Crippen LogP contribution >= 0.6 is 0 Å². The van der Waals surface area contributed by atoms with Crippen molar-refractivity contribution in [1.82, 2.24) is 14.7 Å². The molecule has 0 unspecified atom stereocenters. The Hall–Kier alpha value is -2.82. The maximum atomic E-state index is 12.2. The third-order valence-corrected chi connectivity index (χ3v) is 4.06. The second-order valence-electron chi connectivity index (χ2n) is 5.84. The summed E-state index contributed by atoms with van der Waals surface area (Å²) in [7, 11) is 0. The van der Waals surface area contributed by atoms with Crippen molar-refractivity contribution in [3.63, 3.8) is 0 Å². The molecule has 1 amide bonds. The van der Waals surface area contributed by atoms with E-state index >= 15 is 0 Å². The summed E-state index contributed by atoms with van der Waals surface area (Å²) < 4.78 is 7.64. The van der Waals surface area contributed by atoms with Gasteiger partial charge >= 0.3 is 0 Å². The van der Waals surface area contributed by atoms with E-state index in [-0.39, 0.29) is 5.91 Å². The maximum Gasteiger partial charge on any atom is 0.255 e. The van der Waals surface area contributed by atoms with Crippen molar-refractivity contribution in [3.05, 3.63) is 53.5 Å². The Labute approximate surface area is 133 Å². The van der Waals surface area contributed by atoms with Gasteiger partial charge in [-0.3, -0.25) is 4.79 Å². The molecule has 23 heavy (non-hydrogen) atoms. The van der Waals surface area contributed by atoms with Gasteiger partial charge in [-0.1, -0.05) is 6.07 Å². The Balaban J connectivity index is 1.86. The smallest absolute Gasteiger partial charge is 0.255 e. The van der Waals surface area contributed by atoms with Gasteiger partial charge in [-0.2, -0.15) is 0 Å². The first-order chi connectivity index (χ1) is 11.1. The number of pyridine rings is 1. The van der Waals surface area contributed by atoms with Gasteiger partial charge in [0.1, 0.15) is 18.0 Å². The zero-order chi connectivity index (χ0) is 16.0. The van der Waals surface area contributed by atoms with Crippen molar-refractivity contribution >= 4 is 11.6 Å². The molecule has 4 rings (SSSR count). The molecule has 1 N–H and O–H groups in total. The lowest BCUT2D eigenvalue weighted by Crippen LogP contribution is -2.24. The quantitative estimate of drug-likeness (QED) is 0.752. The van der Waals surface area contributed by atoms with Crippen LogP contribution in [0.25, 0.3) is 16.8 Å². The average Bonchev–Trinajstić information content (AvgIpc) is 2.82. The Morgan fingerprint density at radius 2 is 2.04 bits per heavy atom. The highest BCUT2D eigenvalue weighted by molar-refractivity contribution is 5.98. The fourth-order valence-corrected chi connectivity index (χ4v) is 2.98. The molecule has 0 radical (unpaired) electrons. The molecular weight excluding hydrogens is 290 g/mol. The number of carbonyl (C=O) groups is 1. The van der Waals surface area contributed by atoms with Crippen molar-refractivity contribution in [1.29, 1.82) is 0 Å². The van der Waals surface area contributed by atoms with Gasteiger partial charge in [0.25, 0.3) is 5.91 Å². The summed E-state index contributed by atoms with van der Waals surface area (Å²) in [6, 6.07) is 7.84. The lowest BCUT2D eigenvalue weighted by molar-refractivity contribution is 0.0957. The van der Waals surface area contributed by atoms with Crippen LogP contribution in [-0.4, -0.2) is 28.4 Å². The summed E-state index contributed by atoms with van der Waals surface area (Å²) in [6.07, 6.45) is 4.05. The number of fused-ring (bicyclic) bond motifs is 2. The summed E-state index contributed by atoms with van der Waals surface area (Å²) in [5.74, 6) is 0.552. The third kappa shape index (κ3) is 2.34. The molecule has 0 aliphatic carbocycles. The van der Waals surface area contributed by atoms with E-state index in [1.165, 1.54) is 0 Å². The molecule has 0 atom stereocenters. The van der Waals surface area contributed by atoms with Gasteiger partial charge in [0.05, 0.1) is 17.8 Å². The molecule has 5 nitrogen and oxygen atoms in total. The van der Waals surface area contributed by atoms with Gasteiger partial charge in [0.2, 0.25) is 0 Å². The molecule has 116 valence electrons. The SMILES string of the molecule is Cc1cn2cc(-c3ccc4c(c3)C(=O)NCCO4)cc(C)c2n1. The normalized spacial score (nSPS) is 14.1. The lowest BCUT2D eigenvalue weighted by Gasteiger charge is -2.10. The first-order valence-electron chi connectivity index (χ1n) is 7.63. The molecule has 1 aliphatic rings. The second kappa shape index (κ2) is 5.12. The van der Waals surface area contributed by atoms with Crippen LogP contribution in [0, 0.1) is 13.8 Å². The summed E-state index contributed by atoms with van der Waals surface area (Å²) >= 11 is 0. The fourth-order valence-electron chi connectivity index (χ4n) is 2.98. The van der Waals surface area contributed by atoms with E-state index in [0.717, 1.165) is 28.0 Å². The minimum Gasteiger partial charge on any atom is -0.491 e. The molecule has 0 saturated heterocycles. The Morgan fingerprint density at radius 3 is 2.91 bits per heavy atom. The number of hydrogen-bond donors (Lipinski definition) is 1. The Morgan fingerprint density at radius 1 is 1.17 bits per heavy atom. The molecule has 2 aromatic heterocycles. The highest BCUT2D eigenvalue weighted by Crippen LogP contribution is 2.29. The number of carbonyl (C=O) groups excluding carboxylic acids is 1. The van der Waals surface area contributed by atoms with Gasteiger partial charge in [-0.15, -0.1) is 0 Å². The van der Waals surface area contributed by atoms with E-state index in [1.807, 2.05) is 48.8 Å². The Bertz CT molecular complexity index is 927. The molecule has 3 heterocycles. The zero-order valence-electron chi connectivity index (χ0n) is 13.1. The highest BCUT2D eigenvalue weighted by atomic mass is 16.5. The molecule has 0 bridgehead atoms. The number of benzene rings is 1.